The molecule has 1 aliphatic heterocycles. The second-order valence-corrected chi connectivity index (χ2v) is 9.27. The third kappa shape index (κ3) is 8.60. The Morgan fingerprint density at radius 3 is 1.79 bits per heavy atom. The maximum atomic E-state index is 12.2. The molecular weight excluding hydrogens is 524 g/mol. The number of carbonyl (C=O) groups excluding carboxylic acids is 5. The summed E-state index contributed by atoms with van der Waals surface area (Å²) in [6.45, 7) is 8.74. The third-order valence-corrected chi connectivity index (χ3v) is 5.59. The Balaban J connectivity index is 3.50. The number of hydrogen-bond donors (Lipinski definition) is 0. The number of halogens is 1. The zero-order valence-electron chi connectivity index (χ0n) is 20.2. The molecule has 1 heterocycles. The molecule has 1 aliphatic rings. The summed E-state index contributed by atoms with van der Waals surface area (Å²) >= 11 is 3.29. The van der Waals surface area contributed by atoms with Crippen molar-refractivity contribution in [2.24, 2.45) is 0 Å². The van der Waals surface area contributed by atoms with Crippen LogP contribution in [0.15, 0.2) is 0 Å². The number of esters is 4. The maximum absolute atomic E-state index is 12.2. The van der Waals surface area contributed by atoms with Crippen LogP contribution in [-0.4, -0.2) is 84.2 Å². The van der Waals surface area contributed by atoms with Gasteiger partial charge < -0.3 is 33.2 Å². The van der Waals surface area contributed by atoms with Crippen LogP contribution in [0.1, 0.15) is 48.5 Å². The molecule has 1 fully saturated rings. The van der Waals surface area contributed by atoms with E-state index in [0.29, 0.717) is 0 Å². The molecule has 12 nitrogen and oxygen atoms in total. The van der Waals surface area contributed by atoms with E-state index in [0.717, 1.165) is 27.7 Å². The average Bonchev–Trinajstić information content (AvgIpc) is 2.69. The third-order valence-electron chi connectivity index (χ3n) is 4.65. The van der Waals surface area contributed by atoms with Crippen molar-refractivity contribution in [1.29, 1.82) is 0 Å². The monoisotopic (exact) mass is 554 g/mol. The van der Waals surface area contributed by atoms with E-state index in [9.17, 15) is 24.0 Å². The standard InChI is InChI=1S/C21H31BrO12/c1-8-28-20(21(7,22)10(2)23)34-19-18(32-14(6)27)17(31-13(5)26)16(30-12(4)25)15(33-19)9-29-11(3)24/h15-20H,8-9H2,1-7H3/t15-,16-,17+,18-,19+,20+,21-/m1/s1. The van der Waals surface area contributed by atoms with Crippen LogP contribution >= 0.6 is 15.9 Å². The van der Waals surface area contributed by atoms with Crippen molar-refractivity contribution < 1.29 is 57.1 Å². The number of ketones is 1. The zero-order chi connectivity index (χ0) is 26.2. The van der Waals surface area contributed by atoms with E-state index in [1.165, 1.54) is 13.8 Å². The molecule has 7 atom stereocenters. The van der Waals surface area contributed by atoms with Crippen LogP contribution in [0.5, 0.6) is 0 Å². The molecule has 0 N–H and O–H groups in total. The summed E-state index contributed by atoms with van der Waals surface area (Å²) in [5.74, 6) is -3.29. The first-order chi connectivity index (χ1) is 15.7. The predicted molar refractivity (Wildman–Crippen MR) is 116 cm³/mol. The molecule has 13 heteroatoms. The summed E-state index contributed by atoms with van der Waals surface area (Å²) in [5, 5.41) is 0. The molecular formula is C21H31BrO12. The Morgan fingerprint density at radius 2 is 1.35 bits per heavy atom. The summed E-state index contributed by atoms with van der Waals surface area (Å²) in [6.07, 6.45) is -8.05. The number of rotatable bonds is 11. The number of Topliss-reactive ketones (excluding diaryl/α,β-unsaturated/α-hetero) is 1. The van der Waals surface area contributed by atoms with Gasteiger partial charge in [0.15, 0.2) is 30.4 Å². The van der Waals surface area contributed by atoms with Gasteiger partial charge in [0.2, 0.25) is 6.29 Å². The zero-order valence-corrected chi connectivity index (χ0v) is 21.7. The highest BCUT2D eigenvalue weighted by atomic mass is 79.9. The van der Waals surface area contributed by atoms with Crippen LogP contribution < -0.4 is 0 Å². The Morgan fingerprint density at radius 1 is 0.853 bits per heavy atom. The van der Waals surface area contributed by atoms with E-state index < -0.39 is 71.8 Å². The highest BCUT2D eigenvalue weighted by molar-refractivity contribution is 9.10. The first-order valence-corrected chi connectivity index (χ1v) is 11.3. The number of alkyl halides is 1. The second-order valence-electron chi connectivity index (χ2n) is 7.62. The Bertz CT molecular complexity index is 767. The molecule has 0 aromatic heterocycles. The van der Waals surface area contributed by atoms with Gasteiger partial charge >= 0.3 is 23.9 Å². The summed E-state index contributed by atoms with van der Waals surface area (Å²) in [7, 11) is 0. The minimum atomic E-state index is -1.48. The average molecular weight is 555 g/mol. The molecule has 194 valence electrons. The fourth-order valence-electron chi connectivity index (χ4n) is 3.06. The molecule has 0 spiro atoms. The van der Waals surface area contributed by atoms with E-state index in [-0.39, 0.29) is 12.4 Å². The van der Waals surface area contributed by atoms with Crippen LogP contribution in [0.4, 0.5) is 0 Å². The van der Waals surface area contributed by atoms with E-state index >= 15 is 0 Å². The number of hydrogen-bond acceptors (Lipinski definition) is 12. The molecule has 0 aromatic rings. The minimum absolute atomic E-state index is 0.143. The molecule has 1 rings (SSSR count). The van der Waals surface area contributed by atoms with Crippen molar-refractivity contribution >= 4 is 45.6 Å². The van der Waals surface area contributed by atoms with Crippen molar-refractivity contribution in [2.75, 3.05) is 13.2 Å². The highest BCUT2D eigenvalue weighted by Gasteiger charge is 2.54. The molecule has 0 unspecified atom stereocenters. The molecule has 0 amide bonds. The van der Waals surface area contributed by atoms with Crippen molar-refractivity contribution in [1.82, 2.24) is 0 Å². The van der Waals surface area contributed by atoms with Crippen LogP contribution in [0.25, 0.3) is 0 Å². The van der Waals surface area contributed by atoms with Gasteiger partial charge in [-0.05, 0) is 20.8 Å². The SMILES string of the molecule is CCO[C@@H](O[C@@H]1O[C@H](COC(C)=O)[C@@H](OC(C)=O)[C@H](OC(C)=O)[C@H]1OC(C)=O)[C@](C)(Br)C(C)=O. The predicted octanol–water partition coefficient (Wildman–Crippen LogP) is 1.19. The van der Waals surface area contributed by atoms with Gasteiger partial charge in [0.25, 0.3) is 0 Å². The maximum Gasteiger partial charge on any atom is 0.303 e. The molecule has 0 aliphatic carbocycles. The van der Waals surface area contributed by atoms with E-state index in [1.807, 2.05) is 0 Å². The fraction of sp³-hybridized carbons (Fsp3) is 0.762. The smallest absolute Gasteiger partial charge is 0.303 e. The van der Waals surface area contributed by atoms with E-state index in [1.54, 1.807) is 6.92 Å². The van der Waals surface area contributed by atoms with Crippen molar-refractivity contribution in [3.8, 4) is 0 Å². The van der Waals surface area contributed by atoms with Crippen LogP contribution in [0, 0.1) is 0 Å². The normalized spacial score (nSPS) is 27.0. The quantitative estimate of drug-likeness (QED) is 0.156. The number of carbonyl (C=O) groups is 5. The lowest BCUT2D eigenvalue weighted by Crippen LogP contribution is -2.64. The van der Waals surface area contributed by atoms with Crippen molar-refractivity contribution in [3.05, 3.63) is 0 Å². The summed E-state index contributed by atoms with van der Waals surface area (Å²) in [5.41, 5.74) is 0. The molecule has 0 bridgehead atoms. The molecule has 1 saturated heterocycles. The fourth-order valence-corrected chi connectivity index (χ4v) is 3.30. The molecule has 34 heavy (non-hydrogen) atoms. The first-order valence-electron chi connectivity index (χ1n) is 10.5. The number of ether oxygens (including phenoxy) is 7. The van der Waals surface area contributed by atoms with Crippen molar-refractivity contribution in [2.45, 2.75) is 89.8 Å². The van der Waals surface area contributed by atoms with E-state index in [2.05, 4.69) is 15.9 Å². The summed E-state index contributed by atoms with van der Waals surface area (Å²) in [4.78, 5) is 59.1. The van der Waals surface area contributed by atoms with Gasteiger partial charge in [-0.1, -0.05) is 15.9 Å². The lowest BCUT2D eigenvalue weighted by molar-refractivity contribution is -0.341. The largest absolute Gasteiger partial charge is 0.463 e. The summed E-state index contributed by atoms with van der Waals surface area (Å²) < 4.78 is 37.0. The van der Waals surface area contributed by atoms with Crippen LogP contribution in [-0.2, 0) is 57.1 Å². The Kier molecular flexibility index (Phi) is 11.6. The van der Waals surface area contributed by atoms with Gasteiger partial charge in [-0.25, -0.2) is 0 Å². The Hall–Kier alpha value is -2.09. The van der Waals surface area contributed by atoms with Gasteiger partial charge in [-0.3, -0.25) is 24.0 Å². The van der Waals surface area contributed by atoms with Gasteiger partial charge in [-0.2, -0.15) is 0 Å². The second kappa shape index (κ2) is 13.1. The van der Waals surface area contributed by atoms with Crippen molar-refractivity contribution in [3.63, 3.8) is 0 Å². The van der Waals surface area contributed by atoms with E-state index in [4.69, 9.17) is 33.2 Å². The lowest BCUT2D eigenvalue weighted by Gasteiger charge is -2.45. The Labute approximate surface area is 206 Å². The van der Waals surface area contributed by atoms with Gasteiger partial charge in [0.05, 0.1) is 0 Å². The van der Waals surface area contributed by atoms with Gasteiger partial charge in [0, 0.05) is 34.3 Å². The first kappa shape index (κ1) is 29.9. The minimum Gasteiger partial charge on any atom is -0.463 e. The topological polar surface area (TPSA) is 150 Å². The van der Waals surface area contributed by atoms with Crippen LogP contribution in [0.3, 0.4) is 0 Å². The molecule has 0 saturated carbocycles. The summed E-state index contributed by atoms with van der Waals surface area (Å²) in [6, 6.07) is 0. The van der Waals surface area contributed by atoms with Crippen LogP contribution in [0.2, 0.25) is 0 Å². The van der Waals surface area contributed by atoms with Gasteiger partial charge in [0.1, 0.15) is 17.0 Å². The molecule has 0 radical (unpaired) electrons. The lowest BCUT2D eigenvalue weighted by atomic mass is 9.98. The molecule has 0 aromatic carbocycles. The van der Waals surface area contributed by atoms with Gasteiger partial charge in [-0.15, -0.1) is 0 Å². The highest BCUT2D eigenvalue weighted by Crippen LogP contribution is 2.34.